The Morgan fingerprint density at radius 2 is 1.80 bits per heavy atom. The van der Waals surface area contributed by atoms with Crippen LogP contribution in [-0.2, 0) is 4.79 Å². The Kier molecular flexibility index (Phi) is 3.27. The summed E-state index contributed by atoms with van der Waals surface area (Å²) in [7, 11) is 0. The highest BCUT2D eigenvalue weighted by molar-refractivity contribution is 6.30. The molecule has 0 saturated heterocycles. The summed E-state index contributed by atoms with van der Waals surface area (Å²) in [6, 6.07) is 12.0. The van der Waals surface area contributed by atoms with Crippen LogP contribution in [0.5, 0.6) is 0 Å². The standard InChI is InChI=1S/C17H16ClNO/c1-10-3-8-14-15(12-4-6-13(18)7-5-12)9-16(20)19-17(14)11(10)2/h3-8,15H,9H2,1-2H3,(H,19,20)/t15-/m0/s1. The number of hydrogen-bond acceptors (Lipinski definition) is 1. The van der Waals surface area contributed by atoms with E-state index in [1.54, 1.807) is 0 Å². The van der Waals surface area contributed by atoms with E-state index in [-0.39, 0.29) is 11.8 Å². The van der Waals surface area contributed by atoms with E-state index < -0.39 is 0 Å². The van der Waals surface area contributed by atoms with E-state index in [0.717, 1.165) is 16.8 Å². The maximum Gasteiger partial charge on any atom is 0.225 e. The molecular formula is C17H16ClNO. The van der Waals surface area contributed by atoms with Crippen LogP contribution in [0.4, 0.5) is 5.69 Å². The summed E-state index contributed by atoms with van der Waals surface area (Å²) in [6.07, 6.45) is 0.483. The Bertz CT molecular complexity index is 676. The maximum atomic E-state index is 12.0. The highest BCUT2D eigenvalue weighted by Gasteiger charge is 2.27. The zero-order valence-corrected chi connectivity index (χ0v) is 12.3. The number of anilines is 1. The molecule has 1 amide bonds. The lowest BCUT2D eigenvalue weighted by Crippen LogP contribution is -2.24. The van der Waals surface area contributed by atoms with Crippen LogP contribution in [0, 0.1) is 13.8 Å². The van der Waals surface area contributed by atoms with Crippen molar-refractivity contribution in [1.29, 1.82) is 0 Å². The van der Waals surface area contributed by atoms with Gasteiger partial charge in [0.25, 0.3) is 0 Å². The Balaban J connectivity index is 2.13. The van der Waals surface area contributed by atoms with Gasteiger partial charge in [-0.3, -0.25) is 4.79 Å². The molecule has 0 spiro atoms. The molecule has 0 bridgehead atoms. The average molecular weight is 286 g/mol. The SMILES string of the molecule is Cc1ccc2c(c1C)NC(=O)C[C@H]2c1ccc(Cl)cc1. The molecule has 0 aromatic heterocycles. The molecule has 2 aromatic rings. The number of carbonyl (C=O) groups is 1. The second kappa shape index (κ2) is 4.95. The molecule has 0 unspecified atom stereocenters. The summed E-state index contributed by atoms with van der Waals surface area (Å²) in [6.45, 7) is 4.12. The van der Waals surface area contributed by atoms with Crippen molar-refractivity contribution in [1.82, 2.24) is 0 Å². The Morgan fingerprint density at radius 3 is 2.50 bits per heavy atom. The molecule has 0 fully saturated rings. The fourth-order valence-corrected chi connectivity index (χ4v) is 2.90. The Morgan fingerprint density at radius 1 is 1.10 bits per heavy atom. The lowest BCUT2D eigenvalue weighted by Gasteiger charge is -2.28. The van der Waals surface area contributed by atoms with Crippen LogP contribution < -0.4 is 5.32 Å². The van der Waals surface area contributed by atoms with E-state index in [0.29, 0.717) is 11.4 Å². The van der Waals surface area contributed by atoms with Crippen molar-refractivity contribution >= 4 is 23.2 Å². The summed E-state index contributed by atoms with van der Waals surface area (Å²) >= 11 is 5.95. The van der Waals surface area contributed by atoms with Gasteiger partial charge in [-0.05, 0) is 48.2 Å². The van der Waals surface area contributed by atoms with E-state index in [9.17, 15) is 4.79 Å². The van der Waals surface area contributed by atoms with E-state index >= 15 is 0 Å². The monoisotopic (exact) mass is 285 g/mol. The van der Waals surface area contributed by atoms with Crippen molar-refractivity contribution in [3.8, 4) is 0 Å². The van der Waals surface area contributed by atoms with Crippen molar-refractivity contribution in [3.05, 3.63) is 63.7 Å². The van der Waals surface area contributed by atoms with Gasteiger partial charge in [-0.25, -0.2) is 0 Å². The quantitative estimate of drug-likeness (QED) is 0.825. The molecule has 1 atom stereocenters. The van der Waals surface area contributed by atoms with E-state index in [1.165, 1.54) is 11.1 Å². The van der Waals surface area contributed by atoms with Crippen LogP contribution >= 0.6 is 11.6 Å². The smallest absolute Gasteiger partial charge is 0.225 e. The number of aryl methyl sites for hydroxylation is 1. The predicted molar refractivity (Wildman–Crippen MR) is 82.5 cm³/mol. The average Bonchev–Trinajstić information content (AvgIpc) is 2.43. The van der Waals surface area contributed by atoms with Crippen LogP contribution in [0.25, 0.3) is 0 Å². The normalized spacial score (nSPS) is 17.6. The van der Waals surface area contributed by atoms with Gasteiger partial charge in [0, 0.05) is 23.0 Å². The number of fused-ring (bicyclic) bond motifs is 1. The zero-order chi connectivity index (χ0) is 14.3. The van der Waals surface area contributed by atoms with Gasteiger partial charge in [-0.15, -0.1) is 0 Å². The van der Waals surface area contributed by atoms with Crippen molar-refractivity contribution < 1.29 is 4.79 Å². The summed E-state index contributed by atoms with van der Waals surface area (Å²) in [5.74, 6) is 0.182. The maximum absolute atomic E-state index is 12.0. The highest BCUT2D eigenvalue weighted by atomic mass is 35.5. The molecule has 2 aromatic carbocycles. The first-order valence-corrected chi connectivity index (χ1v) is 7.09. The van der Waals surface area contributed by atoms with Gasteiger partial charge in [0.1, 0.15) is 0 Å². The Hall–Kier alpha value is -1.80. The number of amides is 1. The number of halogens is 1. The highest BCUT2D eigenvalue weighted by Crippen LogP contribution is 2.39. The van der Waals surface area contributed by atoms with E-state index in [1.807, 2.05) is 24.3 Å². The number of carbonyl (C=O) groups excluding carboxylic acids is 1. The number of rotatable bonds is 1. The molecule has 1 aliphatic heterocycles. The zero-order valence-electron chi connectivity index (χ0n) is 11.5. The lowest BCUT2D eigenvalue weighted by molar-refractivity contribution is -0.116. The first-order chi connectivity index (χ1) is 9.56. The minimum Gasteiger partial charge on any atom is -0.326 e. The van der Waals surface area contributed by atoms with E-state index in [4.69, 9.17) is 11.6 Å². The van der Waals surface area contributed by atoms with Crippen LogP contribution in [0.1, 0.15) is 34.6 Å². The first-order valence-electron chi connectivity index (χ1n) is 6.71. The van der Waals surface area contributed by atoms with Crippen LogP contribution in [0.15, 0.2) is 36.4 Å². The predicted octanol–water partition coefficient (Wildman–Crippen LogP) is 4.43. The van der Waals surface area contributed by atoms with Gasteiger partial charge in [-0.2, -0.15) is 0 Å². The van der Waals surface area contributed by atoms with Crippen molar-refractivity contribution in [2.75, 3.05) is 5.32 Å². The van der Waals surface area contributed by atoms with Gasteiger partial charge >= 0.3 is 0 Å². The Labute approximate surface area is 123 Å². The second-order valence-electron chi connectivity index (χ2n) is 5.33. The third kappa shape index (κ3) is 2.20. The molecule has 1 heterocycles. The lowest BCUT2D eigenvalue weighted by atomic mass is 9.83. The molecule has 3 heteroatoms. The van der Waals surface area contributed by atoms with Gasteiger partial charge < -0.3 is 5.32 Å². The molecule has 0 aliphatic carbocycles. The van der Waals surface area contributed by atoms with Gasteiger partial charge in [0.15, 0.2) is 0 Å². The van der Waals surface area contributed by atoms with Crippen LogP contribution in [-0.4, -0.2) is 5.91 Å². The minimum atomic E-state index is 0.0751. The van der Waals surface area contributed by atoms with Gasteiger partial charge in [0.05, 0.1) is 0 Å². The summed E-state index contributed by atoms with van der Waals surface area (Å²) in [5.41, 5.74) is 5.64. The van der Waals surface area contributed by atoms with Gasteiger partial charge in [-0.1, -0.05) is 35.9 Å². The number of hydrogen-bond donors (Lipinski definition) is 1. The first kappa shape index (κ1) is 13.2. The molecule has 0 saturated carbocycles. The minimum absolute atomic E-state index is 0.0751. The molecule has 2 nitrogen and oxygen atoms in total. The van der Waals surface area contributed by atoms with E-state index in [2.05, 4.69) is 31.3 Å². The number of benzene rings is 2. The molecule has 3 rings (SSSR count). The molecule has 1 N–H and O–H groups in total. The van der Waals surface area contributed by atoms with Crippen molar-refractivity contribution in [2.24, 2.45) is 0 Å². The van der Waals surface area contributed by atoms with Crippen molar-refractivity contribution in [3.63, 3.8) is 0 Å². The van der Waals surface area contributed by atoms with Crippen molar-refractivity contribution in [2.45, 2.75) is 26.2 Å². The molecule has 102 valence electrons. The topological polar surface area (TPSA) is 29.1 Å². The summed E-state index contributed by atoms with van der Waals surface area (Å²) < 4.78 is 0. The third-order valence-corrected chi connectivity index (χ3v) is 4.32. The largest absolute Gasteiger partial charge is 0.326 e. The molecular weight excluding hydrogens is 270 g/mol. The van der Waals surface area contributed by atoms with Crippen LogP contribution in [0.3, 0.4) is 0 Å². The third-order valence-electron chi connectivity index (χ3n) is 4.07. The van der Waals surface area contributed by atoms with Crippen LogP contribution in [0.2, 0.25) is 5.02 Å². The number of nitrogens with one attached hydrogen (secondary N) is 1. The fourth-order valence-electron chi connectivity index (χ4n) is 2.77. The molecule has 1 aliphatic rings. The second-order valence-corrected chi connectivity index (χ2v) is 5.76. The fraction of sp³-hybridized carbons (Fsp3) is 0.235. The summed E-state index contributed by atoms with van der Waals surface area (Å²) in [5, 5.41) is 3.73. The van der Waals surface area contributed by atoms with Gasteiger partial charge in [0.2, 0.25) is 5.91 Å². The molecule has 0 radical (unpaired) electrons. The molecule has 20 heavy (non-hydrogen) atoms. The summed E-state index contributed by atoms with van der Waals surface area (Å²) in [4.78, 5) is 12.0.